The molecule has 18 heavy (non-hydrogen) atoms. The molecule has 1 fully saturated rings. The molecule has 0 saturated heterocycles. The van der Waals surface area contributed by atoms with E-state index < -0.39 is 0 Å². The number of halogens is 1. The molecule has 0 spiro atoms. The van der Waals surface area contributed by atoms with Crippen LogP contribution in [0.1, 0.15) is 25.3 Å². The normalized spacial score (nSPS) is 18.6. The third kappa shape index (κ3) is 3.69. The molecule has 4 heteroatoms. The van der Waals surface area contributed by atoms with E-state index in [-0.39, 0.29) is 12.1 Å². The minimum absolute atomic E-state index is 0.165. The Bertz CT molecular complexity index is 365. The highest BCUT2D eigenvalue weighted by Crippen LogP contribution is 2.36. The first-order valence-electron chi connectivity index (χ1n) is 6.56. The van der Waals surface area contributed by atoms with Gasteiger partial charge >= 0.3 is 0 Å². The molecule has 1 aliphatic carbocycles. The molecule has 0 aromatic heterocycles. The van der Waals surface area contributed by atoms with E-state index in [2.05, 4.69) is 5.43 Å². The predicted molar refractivity (Wildman–Crippen MR) is 74.4 cm³/mol. The number of hydrazine groups is 1. The lowest BCUT2D eigenvalue weighted by Crippen LogP contribution is -2.47. The first-order chi connectivity index (χ1) is 8.74. The molecule has 1 aliphatic rings. The van der Waals surface area contributed by atoms with Crippen molar-refractivity contribution in [3.05, 3.63) is 34.9 Å². The fraction of sp³-hybridized carbons (Fsp3) is 0.571. The van der Waals surface area contributed by atoms with Gasteiger partial charge in [-0.1, -0.05) is 23.7 Å². The van der Waals surface area contributed by atoms with Crippen molar-refractivity contribution in [2.24, 2.45) is 11.8 Å². The van der Waals surface area contributed by atoms with E-state index >= 15 is 0 Å². The molecule has 0 aliphatic heterocycles. The second-order valence-corrected chi connectivity index (χ2v) is 5.30. The summed E-state index contributed by atoms with van der Waals surface area (Å²) in [5.74, 6) is 6.36. The largest absolute Gasteiger partial charge is 0.377 e. The number of nitrogens with one attached hydrogen (secondary N) is 1. The van der Waals surface area contributed by atoms with E-state index in [1.807, 2.05) is 31.2 Å². The standard InChI is InChI=1S/C14H21ClN2O/c1-2-18-14(11-5-6-11)13(17-16)9-10-3-7-12(15)8-4-10/h3-4,7-8,11,13-14,17H,2,5-6,9,16H2,1H3. The molecule has 2 atom stereocenters. The van der Waals surface area contributed by atoms with Crippen LogP contribution in [-0.4, -0.2) is 18.8 Å². The highest BCUT2D eigenvalue weighted by Gasteiger charge is 2.36. The number of hydrogen-bond acceptors (Lipinski definition) is 3. The van der Waals surface area contributed by atoms with Crippen molar-refractivity contribution >= 4 is 11.6 Å². The van der Waals surface area contributed by atoms with E-state index in [0.717, 1.165) is 18.1 Å². The third-order valence-electron chi connectivity index (χ3n) is 3.43. The number of rotatable bonds is 7. The van der Waals surface area contributed by atoms with Crippen LogP contribution in [-0.2, 0) is 11.2 Å². The maximum absolute atomic E-state index is 5.89. The molecule has 0 radical (unpaired) electrons. The summed E-state index contributed by atoms with van der Waals surface area (Å²) in [6, 6.07) is 8.08. The Kier molecular flexibility index (Phi) is 5.01. The molecule has 2 unspecified atom stereocenters. The van der Waals surface area contributed by atoms with Gasteiger partial charge in [-0.05, 0) is 49.8 Å². The number of hydrogen-bond donors (Lipinski definition) is 2. The van der Waals surface area contributed by atoms with E-state index in [4.69, 9.17) is 22.2 Å². The predicted octanol–water partition coefficient (Wildman–Crippen LogP) is 2.53. The summed E-state index contributed by atoms with van der Waals surface area (Å²) in [7, 11) is 0. The molecule has 100 valence electrons. The minimum Gasteiger partial charge on any atom is -0.377 e. The van der Waals surface area contributed by atoms with Crippen LogP contribution < -0.4 is 11.3 Å². The van der Waals surface area contributed by atoms with Crippen LogP contribution in [0.5, 0.6) is 0 Å². The van der Waals surface area contributed by atoms with Gasteiger partial charge in [0.1, 0.15) is 0 Å². The summed E-state index contributed by atoms with van der Waals surface area (Å²) in [4.78, 5) is 0. The number of ether oxygens (including phenoxy) is 1. The van der Waals surface area contributed by atoms with Gasteiger partial charge in [-0.3, -0.25) is 11.3 Å². The van der Waals surface area contributed by atoms with Crippen molar-refractivity contribution in [2.45, 2.75) is 38.3 Å². The fourth-order valence-corrected chi connectivity index (χ4v) is 2.47. The van der Waals surface area contributed by atoms with Crippen molar-refractivity contribution in [3.63, 3.8) is 0 Å². The van der Waals surface area contributed by atoms with Gasteiger partial charge in [-0.25, -0.2) is 0 Å². The van der Waals surface area contributed by atoms with Gasteiger partial charge in [0.05, 0.1) is 12.1 Å². The van der Waals surface area contributed by atoms with E-state index in [9.17, 15) is 0 Å². The molecule has 0 bridgehead atoms. The van der Waals surface area contributed by atoms with Crippen LogP contribution >= 0.6 is 11.6 Å². The number of benzene rings is 1. The van der Waals surface area contributed by atoms with E-state index in [0.29, 0.717) is 5.92 Å². The van der Waals surface area contributed by atoms with Crippen molar-refractivity contribution in [3.8, 4) is 0 Å². The van der Waals surface area contributed by atoms with Gasteiger partial charge in [0.25, 0.3) is 0 Å². The Morgan fingerprint density at radius 2 is 2.06 bits per heavy atom. The Morgan fingerprint density at radius 3 is 2.56 bits per heavy atom. The van der Waals surface area contributed by atoms with Crippen molar-refractivity contribution in [1.82, 2.24) is 5.43 Å². The van der Waals surface area contributed by atoms with Gasteiger partial charge in [0.2, 0.25) is 0 Å². The molecule has 0 amide bonds. The molecule has 1 aromatic rings. The van der Waals surface area contributed by atoms with Crippen LogP contribution in [0.4, 0.5) is 0 Å². The lowest BCUT2D eigenvalue weighted by Gasteiger charge is -2.26. The average Bonchev–Trinajstić information content (AvgIpc) is 3.20. The Labute approximate surface area is 114 Å². The van der Waals surface area contributed by atoms with Crippen molar-refractivity contribution < 1.29 is 4.74 Å². The summed E-state index contributed by atoms with van der Waals surface area (Å²) < 4.78 is 5.85. The Hall–Kier alpha value is -0.610. The molecule has 2 rings (SSSR count). The van der Waals surface area contributed by atoms with Crippen LogP contribution in [0, 0.1) is 5.92 Å². The Morgan fingerprint density at radius 1 is 1.39 bits per heavy atom. The molecular formula is C14H21ClN2O. The smallest absolute Gasteiger partial charge is 0.0772 e. The van der Waals surface area contributed by atoms with Gasteiger partial charge in [0, 0.05) is 11.6 Å². The summed E-state index contributed by atoms with van der Waals surface area (Å²) in [5.41, 5.74) is 4.14. The first kappa shape index (κ1) is 13.8. The first-order valence-corrected chi connectivity index (χ1v) is 6.94. The van der Waals surface area contributed by atoms with Crippen molar-refractivity contribution in [2.75, 3.05) is 6.61 Å². The second kappa shape index (κ2) is 6.53. The lowest BCUT2D eigenvalue weighted by molar-refractivity contribution is 0.0192. The fourth-order valence-electron chi connectivity index (χ4n) is 2.34. The van der Waals surface area contributed by atoms with Gasteiger partial charge in [-0.2, -0.15) is 0 Å². The maximum atomic E-state index is 5.89. The zero-order valence-corrected chi connectivity index (χ0v) is 11.5. The van der Waals surface area contributed by atoms with Crippen LogP contribution in [0.2, 0.25) is 5.02 Å². The summed E-state index contributed by atoms with van der Waals surface area (Å²) in [6.07, 6.45) is 3.59. The van der Waals surface area contributed by atoms with Crippen LogP contribution in [0.15, 0.2) is 24.3 Å². The van der Waals surface area contributed by atoms with E-state index in [1.54, 1.807) is 0 Å². The van der Waals surface area contributed by atoms with Gasteiger partial charge < -0.3 is 4.74 Å². The number of nitrogens with two attached hydrogens (primary N) is 1. The zero-order chi connectivity index (χ0) is 13.0. The molecule has 0 heterocycles. The van der Waals surface area contributed by atoms with Gasteiger partial charge in [-0.15, -0.1) is 0 Å². The van der Waals surface area contributed by atoms with Crippen LogP contribution in [0.3, 0.4) is 0 Å². The van der Waals surface area contributed by atoms with Crippen molar-refractivity contribution in [1.29, 1.82) is 0 Å². The molecule has 3 nitrogen and oxygen atoms in total. The SMILES string of the molecule is CCOC(C1CC1)C(Cc1ccc(Cl)cc1)NN. The van der Waals surface area contributed by atoms with Gasteiger partial charge in [0.15, 0.2) is 0 Å². The quantitative estimate of drug-likeness (QED) is 0.590. The molecule has 1 saturated carbocycles. The second-order valence-electron chi connectivity index (χ2n) is 4.86. The summed E-state index contributed by atoms with van der Waals surface area (Å²) in [5, 5.41) is 0.763. The Balaban J connectivity index is 2.00. The summed E-state index contributed by atoms with van der Waals surface area (Å²) >= 11 is 5.89. The molecule has 1 aromatic carbocycles. The lowest BCUT2D eigenvalue weighted by atomic mass is 9.99. The maximum Gasteiger partial charge on any atom is 0.0772 e. The molecule has 3 N–H and O–H groups in total. The third-order valence-corrected chi connectivity index (χ3v) is 3.68. The monoisotopic (exact) mass is 268 g/mol. The topological polar surface area (TPSA) is 47.3 Å². The highest BCUT2D eigenvalue weighted by atomic mass is 35.5. The zero-order valence-electron chi connectivity index (χ0n) is 10.7. The average molecular weight is 269 g/mol. The minimum atomic E-state index is 0.165. The van der Waals surface area contributed by atoms with Crippen LogP contribution in [0.25, 0.3) is 0 Å². The molecular weight excluding hydrogens is 248 g/mol. The summed E-state index contributed by atoms with van der Waals surface area (Å²) in [6.45, 7) is 2.77. The highest BCUT2D eigenvalue weighted by molar-refractivity contribution is 6.30. The van der Waals surface area contributed by atoms with E-state index in [1.165, 1.54) is 18.4 Å².